The summed E-state index contributed by atoms with van der Waals surface area (Å²) in [7, 11) is -2.03. The highest BCUT2D eigenvalue weighted by molar-refractivity contribution is 7.62. The minimum absolute atomic E-state index is 0. The number of ketones is 1. The van der Waals surface area contributed by atoms with E-state index in [0.717, 1.165) is 105 Å². The number of allylic oxidation sites excluding steroid dienone is 3. The third kappa shape index (κ3) is 26.2. The monoisotopic (exact) mass is 1680 g/mol. The minimum atomic E-state index is -2.03. The molecule has 0 radical (unpaired) electrons. The number of hydrogen-bond acceptors (Lipinski definition) is 20. The van der Waals surface area contributed by atoms with Gasteiger partial charge in [0.05, 0.1) is 137 Å². The Balaban J connectivity index is 0.000000209. The number of nitrogens with one attached hydrogen (secondary N) is 1. The van der Waals surface area contributed by atoms with Crippen molar-refractivity contribution in [1.29, 1.82) is 21.0 Å². The van der Waals surface area contributed by atoms with E-state index in [1.165, 1.54) is 11.6 Å². The van der Waals surface area contributed by atoms with E-state index in [0.29, 0.717) is 76.2 Å². The second-order valence-corrected chi connectivity index (χ2v) is 37.6. The average Bonchev–Trinajstić information content (AvgIpc) is 1.69. The molecule has 0 spiro atoms. The molecule has 6 saturated carbocycles. The lowest BCUT2D eigenvalue weighted by Crippen LogP contribution is -2.50. The topological polar surface area (TPSA) is 378 Å². The summed E-state index contributed by atoms with van der Waals surface area (Å²) in [5, 5.41) is 76.3. The van der Waals surface area contributed by atoms with E-state index in [9.17, 15) is 18.9 Å². The number of aromatic amines is 1. The molecule has 0 amide bonds. The van der Waals surface area contributed by atoms with Gasteiger partial charge in [-0.25, -0.2) is 46.0 Å². The van der Waals surface area contributed by atoms with Gasteiger partial charge in [-0.05, 0) is 96.9 Å². The molecule has 0 aromatic carbocycles. The summed E-state index contributed by atoms with van der Waals surface area (Å²) in [4.78, 5) is 58.5. The van der Waals surface area contributed by atoms with Crippen LogP contribution in [-0.2, 0) is 64.4 Å². The van der Waals surface area contributed by atoms with E-state index >= 15 is 0 Å². The molecular formula is C89H101N26O7P. The Kier molecular flexibility index (Phi) is 33.7. The van der Waals surface area contributed by atoms with Crippen LogP contribution in [0.4, 0.5) is 0 Å². The molecule has 0 aliphatic heterocycles. The number of aromatic nitrogens is 15. The third-order valence-corrected chi connectivity index (χ3v) is 21.1. The highest BCUT2D eigenvalue weighted by Crippen LogP contribution is 2.45. The van der Waals surface area contributed by atoms with Crippen LogP contribution in [0.25, 0.3) is 100 Å². The highest BCUT2D eigenvalue weighted by Gasteiger charge is 2.55. The summed E-state index contributed by atoms with van der Waals surface area (Å²) in [6, 6.07) is 14.1. The lowest BCUT2D eigenvalue weighted by molar-refractivity contribution is -0.157. The molecule has 1 N–H and O–H groups in total. The fourth-order valence-electron chi connectivity index (χ4n) is 13.0. The minimum Gasteiger partial charge on any atom is -0.443 e. The summed E-state index contributed by atoms with van der Waals surface area (Å²) in [5.74, 6) is -0.156. The number of fused-ring (bicyclic) bond motifs is 3. The summed E-state index contributed by atoms with van der Waals surface area (Å²) in [6.45, 7) is 74.7. The van der Waals surface area contributed by atoms with Gasteiger partial charge in [0, 0.05) is 125 Å². The van der Waals surface area contributed by atoms with Gasteiger partial charge in [-0.3, -0.25) is 38.0 Å². The summed E-state index contributed by atoms with van der Waals surface area (Å²) >= 11 is 0. The molecule has 6 aliphatic carbocycles. The van der Waals surface area contributed by atoms with Crippen LogP contribution in [0, 0.1) is 113 Å². The zero-order valence-electron chi connectivity index (χ0n) is 70.4. The summed E-state index contributed by atoms with van der Waals surface area (Å²) < 4.78 is 36.3. The molecule has 9 aromatic rings. The van der Waals surface area contributed by atoms with Crippen molar-refractivity contribution in [3.05, 3.63) is 208 Å². The van der Waals surface area contributed by atoms with Crippen molar-refractivity contribution in [2.24, 2.45) is 22.2 Å². The quantitative estimate of drug-likeness (QED) is 0.0327. The number of Topliss-reactive ketones (excluding diaryl/α,β-unsaturated/α-hetero) is 1. The predicted molar refractivity (Wildman–Crippen MR) is 463 cm³/mol. The van der Waals surface area contributed by atoms with Crippen molar-refractivity contribution in [3.8, 4) is 57.7 Å². The SMILES string of the molecule is C.CC(C)(C)COCn1ccc2c(-c3cn[nH]c3)cnnc21.CP(C)(=O)CC#N.N#CC=C1CC(C#N)C1.[C-]#[N+]C1CC(=C)C1.[C-]#[N+]C1CC(=CC#N)C1.[C-]#[N+]C1CC(=O)C1.[C-]#[N+]CC1(n2cc(-c3cnnc4c3ccn4COC(=O)C(C)(C)C)cn2)CC([N+]#[C-])C1.[C-]#[N+]CC1(n2cc(-c3cnnc4c3ccn4COC(=O)C(C)(C)C)cn2)CC([N+]#[C-])C1. The average molecular weight is 1680 g/mol. The number of carbonyl (C=O) groups is 3. The number of nitrogens with zero attached hydrogens (tertiary/aromatic N) is 25. The first-order valence-corrected chi connectivity index (χ1v) is 41.9. The van der Waals surface area contributed by atoms with E-state index in [2.05, 4.69) is 118 Å². The molecule has 0 saturated heterocycles. The Bertz CT molecular complexity index is 5550. The van der Waals surface area contributed by atoms with Crippen LogP contribution >= 0.6 is 7.14 Å². The Morgan fingerprint density at radius 1 is 0.569 bits per heavy atom. The van der Waals surface area contributed by atoms with Gasteiger partial charge in [0.25, 0.3) is 0 Å². The van der Waals surface area contributed by atoms with Crippen LogP contribution in [0.5, 0.6) is 0 Å². The molecule has 0 unspecified atom stereocenters. The third-order valence-electron chi connectivity index (χ3n) is 20.2. The van der Waals surface area contributed by atoms with Crippen LogP contribution in [0.3, 0.4) is 0 Å². The van der Waals surface area contributed by atoms with Crippen molar-refractivity contribution in [1.82, 2.24) is 74.1 Å². The number of esters is 2. The van der Waals surface area contributed by atoms with Crippen LogP contribution in [0.1, 0.15) is 147 Å². The molecule has 6 aliphatic rings. The predicted octanol–water partition coefficient (Wildman–Crippen LogP) is 16.8. The smallest absolute Gasteiger partial charge is 0.312 e. The molecule has 6 fully saturated rings. The molecule has 15 rings (SSSR count). The normalized spacial score (nSPS) is 18.8. The van der Waals surface area contributed by atoms with E-state index in [1.807, 2.05) is 129 Å². The first-order valence-electron chi connectivity index (χ1n) is 39.1. The standard InChI is InChI=1S/2C22H23N7O2.C15H19N5O.2C7H6N2.C6H7N.C5H5NO.C4H8NOP.CH4/c2*1-21(2,3)20(30)31-14-28-7-6-17-18(11-25-27-19(17)28)15-10-26-29(12-15)22(13-23-4)8-16(9-22)24-5;1-15(2,3)9-21-10-20-5-4-12-13(8-18-19-14(12)20)11-6-16-17-7-11;1-9-7-4-6(5-7)2-3-8;8-2-1-6-3-7(4-6)5-9;1-5-3-6(4-5)7-2;1-6-4-2-5(7)3-4;1-7(2,6)4-3-5;/h2*6-7,10-12,16H,8-9,13-14H2,1-3H3;4-8H,9-10H2,1-3H3,(H,16,17);2,7H,4-5H2;1,7H,3-4H2;6H,1,3-4H2;4H,2-3H2;4H2,1-2H3;1H4. The fourth-order valence-corrected chi connectivity index (χ4v) is 13.3. The second kappa shape index (κ2) is 43.2. The molecule has 34 heteroatoms. The van der Waals surface area contributed by atoms with Crippen molar-refractivity contribution in [2.75, 3.05) is 39.2 Å². The first-order chi connectivity index (χ1) is 58.0. The number of hydrogen-bond donors (Lipinski definition) is 1. The lowest BCUT2D eigenvalue weighted by Gasteiger charge is -2.37. The van der Waals surface area contributed by atoms with Gasteiger partial charge >= 0.3 is 11.9 Å². The Labute approximate surface area is 717 Å². The van der Waals surface area contributed by atoms with E-state index in [-0.39, 0.29) is 86.3 Å². The van der Waals surface area contributed by atoms with Gasteiger partial charge in [-0.2, -0.15) is 51.6 Å². The van der Waals surface area contributed by atoms with Gasteiger partial charge in [-0.1, -0.05) is 45.9 Å². The first kappa shape index (κ1) is 96.0. The second-order valence-electron chi connectivity index (χ2n) is 34.2. The molecule has 634 valence electrons. The zero-order valence-corrected chi connectivity index (χ0v) is 71.3. The Morgan fingerprint density at radius 3 is 1.27 bits per heavy atom. The van der Waals surface area contributed by atoms with Crippen molar-refractivity contribution < 1.29 is 33.2 Å². The van der Waals surface area contributed by atoms with Gasteiger partial charge in [0.2, 0.25) is 43.3 Å². The van der Waals surface area contributed by atoms with Crippen LogP contribution in [0.2, 0.25) is 0 Å². The maximum atomic E-state index is 12.1. The van der Waals surface area contributed by atoms with Gasteiger partial charge in [0.15, 0.2) is 30.4 Å². The molecule has 9 aromatic heterocycles. The molecular weight excluding hydrogens is 1580 g/mol. The van der Waals surface area contributed by atoms with Gasteiger partial charge in [-0.15, -0.1) is 15.3 Å². The van der Waals surface area contributed by atoms with Crippen LogP contribution < -0.4 is 0 Å². The van der Waals surface area contributed by atoms with E-state index in [4.69, 9.17) is 81.3 Å². The molecule has 33 nitrogen and oxygen atoms in total. The van der Waals surface area contributed by atoms with Crippen LogP contribution in [-0.4, -0.2) is 161 Å². The van der Waals surface area contributed by atoms with Crippen LogP contribution in [0.15, 0.2) is 128 Å². The molecule has 9 heterocycles. The Morgan fingerprint density at radius 2 is 0.959 bits per heavy atom. The number of H-pyrrole nitrogens is 1. The van der Waals surface area contributed by atoms with Gasteiger partial charge < -0.3 is 57.3 Å². The largest absolute Gasteiger partial charge is 0.443 e. The maximum Gasteiger partial charge on any atom is 0.312 e. The van der Waals surface area contributed by atoms with Crippen molar-refractivity contribution in [3.63, 3.8) is 0 Å². The molecule has 123 heavy (non-hydrogen) atoms. The summed E-state index contributed by atoms with van der Waals surface area (Å²) in [6.07, 6.45) is 33.7. The number of nitriles is 4. The lowest BCUT2D eigenvalue weighted by atomic mass is 9.73. The fraction of sp³-hybridized carbons (Fsp3) is 0.472. The Hall–Kier alpha value is -14.1. The van der Waals surface area contributed by atoms with Crippen molar-refractivity contribution >= 4 is 58.0 Å². The summed E-state index contributed by atoms with van der Waals surface area (Å²) in [5.41, 5.74) is 9.14. The molecule has 0 bridgehead atoms. The van der Waals surface area contributed by atoms with Gasteiger partial charge in [0.1, 0.15) is 23.6 Å². The maximum absolute atomic E-state index is 12.1. The zero-order chi connectivity index (χ0) is 89.2. The molecule has 0 atom stereocenters. The van der Waals surface area contributed by atoms with Crippen molar-refractivity contribution in [2.45, 2.75) is 208 Å². The highest BCUT2D eigenvalue weighted by atomic mass is 31.2. The number of ether oxygens (including phenoxy) is 3. The number of carbonyl (C=O) groups excluding carboxylic acids is 3. The number of rotatable bonds is 15. The van der Waals surface area contributed by atoms with E-state index < -0.39 is 29.0 Å². The van der Waals surface area contributed by atoms with E-state index in [1.54, 1.807) is 65.7 Å².